The number of allylic oxidation sites excluding steroid dienone is 7. The summed E-state index contributed by atoms with van der Waals surface area (Å²) in [5.74, 6) is 0. The van der Waals surface area contributed by atoms with Crippen molar-refractivity contribution in [2.45, 2.75) is 73.1 Å². The molecule has 0 N–H and O–H groups in total. The average molecular weight is 367 g/mol. The summed E-state index contributed by atoms with van der Waals surface area (Å²) >= 11 is 0. The van der Waals surface area contributed by atoms with E-state index in [2.05, 4.69) is 52.8 Å². The van der Waals surface area contributed by atoms with Crippen molar-refractivity contribution >= 4 is 7.37 Å². The van der Waals surface area contributed by atoms with Gasteiger partial charge in [-0.25, -0.2) is 0 Å². The Hall–Kier alpha value is -0.850. The van der Waals surface area contributed by atoms with E-state index in [1.54, 1.807) is 13.3 Å². The molecule has 0 atom stereocenters. The van der Waals surface area contributed by atoms with E-state index >= 15 is 0 Å². The molecule has 25 heavy (non-hydrogen) atoms. The molecule has 0 aromatic carbocycles. The highest BCUT2D eigenvalue weighted by atomic mass is 31.2. The van der Waals surface area contributed by atoms with Crippen LogP contribution in [-0.2, 0) is 9.09 Å². The molecule has 0 heterocycles. The Morgan fingerprint density at radius 1 is 0.720 bits per heavy atom. The molecule has 0 fully saturated rings. The van der Waals surface area contributed by atoms with Crippen LogP contribution in [0.2, 0.25) is 0 Å². The highest BCUT2D eigenvalue weighted by Gasteiger charge is 2.04. The lowest BCUT2D eigenvalue weighted by Crippen LogP contribution is -1.89. The van der Waals surface area contributed by atoms with Crippen LogP contribution in [0, 0.1) is 0 Å². The molecule has 144 valence electrons. The van der Waals surface area contributed by atoms with Crippen molar-refractivity contribution in [2.75, 3.05) is 19.9 Å². The molecule has 0 aliphatic rings. The van der Waals surface area contributed by atoms with E-state index < -0.39 is 7.37 Å². The molecule has 0 unspecified atom stereocenters. The van der Waals surface area contributed by atoms with Gasteiger partial charge in [-0.3, -0.25) is 4.57 Å². The smallest absolute Gasteiger partial charge is 0.197 e. The van der Waals surface area contributed by atoms with Crippen LogP contribution in [0.5, 0.6) is 0 Å². The van der Waals surface area contributed by atoms with Gasteiger partial charge < -0.3 is 4.52 Å². The Labute approximate surface area is 156 Å². The molecule has 0 aromatic heterocycles. The van der Waals surface area contributed by atoms with Gasteiger partial charge >= 0.3 is 0 Å². The summed E-state index contributed by atoms with van der Waals surface area (Å²) in [6.07, 6.45) is 15.8. The summed E-state index contributed by atoms with van der Waals surface area (Å²) in [7, 11) is -2.36. The van der Waals surface area contributed by atoms with Gasteiger partial charge in [0.05, 0.1) is 6.61 Å². The standard InChI is InChI=1S/C22H39O2P/c1-19(2)11-8-12-20(3)13-9-14-21(4)15-10-16-22(5)17-18-24-25(6,7)23/h11,13,15,17H,8-10,12,14,16,18H2,1-7H3/b20-13-,21-15-,22-17+. The average Bonchev–Trinajstić information content (AvgIpc) is 2.45. The summed E-state index contributed by atoms with van der Waals surface area (Å²) in [4.78, 5) is 0. The van der Waals surface area contributed by atoms with Gasteiger partial charge in [-0.1, -0.05) is 46.6 Å². The van der Waals surface area contributed by atoms with Crippen LogP contribution in [0.3, 0.4) is 0 Å². The zero-order chi connectivity index (χ0) is 19.3. The monoisotopic (exact) mass is 366 g/mol. The van der Waals surface area contributed by atoms with Crippen LogP contribution in [0.1, 0.15) is 73.1 Å². The number of hydrogen-bond acceptors (Lipinski definition) is 2. The Bertz CT molecular complexity index is 540. The van der Waals surface area contributed by atoms with Gasteiger partial charge in [0.15, 0.2) is 7.37 Å². The second kappa shape index (κ2) is 13.4. The van der Waals surface area contributed by atoms with E-state index in [0.29, 0.717) is 6.61 Å². The van der Waals surface area contributed by atoms with Crippen molar-refractivity contribution in [1.82, 2.24) is 0 Å². The predicted molar refractivity (Wildman–Crippen MR) is 114 cm³/mol. The molecule has 0 aromatic rings. The first kappa shape index (κ1) is 24.1. The second-order valence-corrected chi connectivity index (χ2v) is 10.4. The van der Waals surface area contributed by atoms with Gasteiger partial charge in [-0.2, -0.15) is 0 Å². The normalized spacial score (nSPS) is 14.0. The lowest BCUT2D eigenvalue weighted by molar-refractivity contribution is 0.360. The fourth-order valence-electron chi connectivity index (χ4n) is 2.35. The Kier molecular flexibility index (Phi) is 12.9. The Morgan fingerprint density at radius 3 is 1.52 bits per heavy atom. The van der Waals surface area contributed by atoms with Gasteiger partial charge in [-0.05, 0) is 73.1 Å². The van der Waals surface area contributed by atoms with Crippen molar-refractivity contribution < 1.29 is 9.09 Å². The third-order valence-electron chi connectivity index (χ3n) is 3.97. The summed E-state index contributed by atoms with van der Waals surface area (Å²) in [6, 6.07) is 0. The van der Waals surface area contributed by atoms with Crippen LogP contribution >= 0.6 is 7.37 Å². The van der Waals surface area contributed by atoms with Crippen LogP contribution in [-0.4, -0.2) is 19.9 Å². The van der Waals surface area contributed by atoms with E-state index in [1.165, 1.54) is 28.7 Å². The molecule has 0 amide bonds. The van der Waals surface area contributed by atoms with E-state index in [-0.39, 0.29) is 0 Å². The minimum absolute atomic E-state index is 0.454. The maximum absolute atomic E-state index is 11.5. The van der Waals surface area contributed by atoms with Crippen molar-refractivity contribution in [3.63, 3.8) is 0 Å². The maximum Gasteiger partial charge on any atom is 0.197 e. The Balaban J connectivity index is 4.03. The molecule has 0 aliphatic heterocycles. The van der Waals surface area contributed by atoms with Crippen LogP contribution in [0.4, 0.5) is 0 Å². The molecule has 0 aliphatic carbocycles. The largest absolute Gasteiger partial charge is 0.325 e. The zero-order valence-corrected chi connectivity index (χ0v) is 18.4. The van der Waals surface area contributed by atoms with Gasteiger partial charge in [0, 0.05) is 13.3 Å². The van der Waals surface area contributed by atoms with Gasteiger partial charge in [0.2, 0.25) is 0 Å². The van der Waals surface area contributed by atoms with E-state index in [4.69, 9.17) is 4.52 Å². The van der Waals surface area contributed by atoms with Crippen molar-refractivity contribution in [3.8, 4) is 0 Å². The third-order valence-corrected chi connectivity index (χ3v) is 4.74. The lowest BCUT2D eigenvalue weighted by Gasteiger charge is -2.06. The highest BCUT2D eigenvalue weighted by Crippen LogP contribution is 2.36. The molecule has 3 heteroatoms. The van der Waals surface area contributed by atoms with Gasteiger partial charge in [0.1, 0.15) is 0 Å². The minimum Gasteiger partial charge on any atom is -0.325 e. The molecular formula is C22H39O2P. The SMILES string of the molecule is CC(C)=CCC/C(C)=C\CC/C(C)=C\CC/C(C)=C/COP(C)(C)=O. The minimum atomic E-state index is -2.36. The highest BCUT2D eigenvalue weighted by molar-refractivity contribution is 7.57. The number of rotatable bonds is 12. The lowest BCUT2D eigenvalue weighted by atomic mass is 10.0. The van der Waals surface area contributed by atoms with Gasteiger partial charge in [-0.15, -0.1) is 0 Å². The van der Waals surface area contributed by atoms with Crippen LogP contribution < -0.4 is 0 Å². The molecule has 2 nitrogen and oxygen atoms in total. The molecule has 0 saturated carbocycles. The van der Waals surface area contributed by atoms with E-state index in [1.807, 2.05) is 6.08 Å². The summed E-state index contributed by atoms with van der Waals surface area (Å²) in [5.41, 5.74) is 5.66. The molecular weight excluding hydrogens is 327 g/mol. The topological polar surface area (TPSA) is 26.3 Å². The molecule has 0 saturated heterocycles. The maximum atomic E-state index is 11.5. The summed E-state index contributed by atoms with van der Waals surface area (Å²) < 4.78 is 16.8. The first-order valence-corrected chi connectivity index (χ1v) is 11.9. The Morgan fingerprint density at radius 2 is 1.12 bits per heavy atom. The fraction of sp³-hybridized carbons (Fsp3) is 0.636. The quantitative estimate of drug-likeness (QED) is 0.261. The van der Waals surface area contributed by atoms with Crippen molar-refractivity contribution in [1.29, 1.82) is 0 Å². The van der Waals surface area contributed by atoms with E-state index in [0.717, 1.165) is 32.1 Å². The first-order chi connectivity index (χ1) is 11.6. The third kappa shape index (κ3) is 17.8. The first-order valence-electron chi connectivity index (χ1n) is 9.40. The molecule has 0 bridgehead atoms. The molecule has 0 spiro atoms. The summed E-state index contributed by atoms with van der Waals surface area (Å²) in [5, 5.41) is 0. The van der Waals surface area contributed by atoms with Crippen LogP contribution in [0.25, 0.3) is 0 Å². The van der Waals surface area contributed by atoms with Crippen molar-refractivity contribution in [3.05, 3.63) is 46.6 Å². The molecule has 0 radical (unpaired) electrons. The van der Waals surface area contributed by atoms with Gasteiger partial charge in [0.25, 0.3) is 0 Å². The van der Waals surface area contributed by atoms with Crippen molar-refractivity contribution in [2.24, 2.45) is 0 Å². The fourth-order valence-corrected chi connectivity index (χ4v) is 2.78. The summed E-state index contributed by atoms with van der Waals surface area (Å²) in [6.45, 7) is 14.6. The number of hydrogen-bond donors (Lipinski definition) is 0. The van der Waals surface area contributed by atoms with Crippen LogP contribution in [0.15, 0.2) is 46.6 Å². The molecule has 0 rings (SSSR count). The zero-order valence-electron chi connectivity index (χ0n) is 17.5. The predicted octanol–water partition coefficient (Wildman–Crippen LogP) is 7.69. The second-order valence-electron chi connectivity index (χ2n) is 7.60. The van der Waals surface area contributed by atoms with E-state index in [9.17, 15) is 4.57 Å².